The molecule has 4 nitrogen and oxygen atoms in total. The van der Waals surface area contributed by atoms with E-state index in [4.69, 9.17) is 4.74 Å². The molecule has 0 aliphatic heterocycles. The average molecular weight is 250 g/mol. The van der Waals surface area contributed by atoms with Crippen LogP contribution in [0.25, 0.3) is 0 Å². The summed E-state index contributed by atoms with van der Waals surface area (Å²) in [4.78, 5) is 19.9. The Hall–Kier alpha value is -1.45. The van der Waals surface area contributed by atoms with Gasteiger partial charge in [-0.15, -0.1) is 0 Å². The summed E-state index contributed by atoms with van der Waals surface area (Å²) in [5.41, 5.74) is 1.08. The first kappa shape index (κ1) is 14.6. The SMILES string of the molecule is CCCCCC(CC)OC(=O)c1cnc(C)cn1. The smallest absolute Gasteiger partial charge is 0.358 e. The fourth-order valence-corrected chi connectivity index (χ4v) is 1.68. The molecule has 1 rings (SSSR count). The van der Waals surface area contributed by atoms with Crippen molar-refractivity contribution in [3.05, 3.63) is 23.8 Å². The fourth-order valence-electron chi connectivity index (χ4n) is 1.68. The van der Waals surface area contributed by atoms with Crippen LogP contribution in [0.1, 0.15) is 62.1 Å². The molecule has 0 saturated carbocycles. The van der Waals surface area contributed by atoms with Crippen LogP contribution >= 0.6 is 0 Å². The third-order valence-electron chi connectivity index (χ3n) is 2.85. The first-order valence-corrected chi connectivity index (χ1v) is 6.67. The summed E-state index contributed by atoms with van der Waals surface area (Å²) in [5.74, 6) is -0.370. The Morgan fingerprint density at radius 1 is 1.28 bits per heavy atom. The zero-order valence-electron chi connectivity index (χ0n) is 11.5. The van der Waals surface area contributed by atoms with Crippen molar-refractivity contribution in [1.82, 2.24) is 9.97 Å². The monoisotopic (exact) mass is 250 g/mol. The number of carbonyl (C=O) groups is 1. The van der Waals surface area contributed by atoms with Gasteiger partial charge in [-0.2, -0.15) is 0 Å². The Labute approximate surface area is 109 Å². The van der Waals surface area contributed by atoms with Gasteiger partial charge >= 0.3 is 5.97 Å². The summed E-state index contributed by atoms with van der Waals surface area (Å²) in [6.07, 6.45) is 8.26. The molecule has 0 aromatic carbocycles. The molecule has 4 heteroatoms. The molecule has 0 saturated heterocycles. The minimum Gasteiger partial charge on any atom is -0.458 e. The molecule has 1 unspecified atom stereocenters. The highest BCUT2D eigenvalue weighted by atomic mass is 16.5. The molecular formula is C14H22N2O2. The van der Waals surface area contributed by atoms with E-state index in [2.05, 4.69) is 16.9 Å². The minimum atomic E-state index is -0.370. The van der Waals surface area contributed by atoms with Gasteiger partial charge in [-0.3, -0.25) is 4.98 Å². The van der Waals surface area contributed by atoms with Crippen LogP contribution in [0.2, 0.25) is 0 Å². The maximum absolute atomic E-state index is 11.8. The van der Waals surface area contributed by atoms with Gasteiger partial charge in [0.2, 0.25) is 0 Å². The lowest BCUT2D eigenvalue weighted by Gasteiger charge is -2.15. The summed E-state index contributed by atoms with van der Waals surface area (Å²) < 4.78 is 5.43. The van der Waals surface area contributed by atoms with Gasteiger partial charge in [0.25, 0.3) is 0 Å². The van der Waals surface area contributed by atoms with Crippen LogP contribution in [0, 0.1) is 6.92 Å². The standard InChI is InChI=1S/C14H22N2O2/c1-4-6-7-8-12(5-2)18-14(17)13-10-15-11(3)9-16-13/h9-10,12H,4-8H2,1-3H3. The van der Waals surface area contributed by atoms with Gasteiger partial charge in [-0.1, -0.05) is 26.7 Å². The summed E-state index contributed by atoms with van der Waals surface area (Å²) in [6.45, 7) is 6.03. The molecule has 0 aliphatic rings. The molecule has 1 aromatic rings. The molecule has 100 valence electrons. The van der Waals surface area contributed by atoms with Crippen molar-refractivity contribution in [2.45, 2.75) is 59.0 Å². The Morgan fingerprint density at radius 2 is 2.06 bits per heavy atom. The highest BCUT2D eigenvalue weighted by molar-refractivity contribution is 5.86. The number of hydrogen-bond donors (Lipinski definition) is 0. The Bertz CT molecular complexity index is 363. The van der Waals surface area contributed by atoms with Crippen molar-refractivity contribution >= 4 is 5.97 Å². The first-order chi connectivity index (χ1) is 8.67. The topological polar surface area (TPSA) is 52.1 Å². The zero-order valence-corrected chi connectivity index (χ0v) is 11.5. The fraction of sp³-hybridized carbons (Fsp3) is 0.643. The predicted molar refractivity (Wildman–Crippen MR) is 70.4 cm³/mol. The molecular weight excluding hydrogens is 228 g/mol. The van der Waals surface area contributed by atoms with E-state index in [0.29, 0.717) is 0 Å². The first-order valence-electron chi connectivity index (χ1n) is 6.67. The van der Waals surface area contributed by atoms with Crippen molar-refractivity contribution in [3.63, 3.8) is 0 Å². The van der Waals surface area contributed by atoms with Gasteiger partial charge in [0, 0.05) is 6.20 Å². The molecule has 0 aliphatic carbocycles. The number of rotatable bonds is 7. The van der Waals surface area contributed by atoms with E-state index in [9.17, 15) is 4.79 Å². The highest BCUT2D eigenvalue weighted by Gasteiger charge is 2.15. The lowest BCUT2D eigenvalue weighted by Crippen LogP contribution is -2.18. The van der Waals surface area contributed by atoms with Crippen molar-refractivity contribution in [2.75, 3.05) is 0 Å². The Morgan fingerprint density at radius 3 is 2.61 bits per heavy atom. The molecule has 0 fully saturated rings. The second kappa shape index (κ2) is 7.80. The van der Waals surface area contributed by atoms with Crippen LogP contribution in [0.3, 0.4) is 0 Å². The lowest BCUT2D eigenvalue weighted by atomic mass is 10.1. The zero-order chi connectivity index (χ0) is 13.4. The van der Waals surface area contributed by atoms with Gasteiger partial charge in [-0.25, -0.2) is 9.78 Å². The number of unbranched alkanes of at least 4 members (excludes halogenated alkanes) is 2. The Kier molecular flexibility index (Phi) is 6.33. The van der Waals surface area contributed by atoms with Crippen LogP contribution in [0.4, 0.5) is 0 Å². The van der Waals surface area contributed by atoms with Crippen molar-refractivity contribution in [1.29, 1.82) is 0 Å². The van der Waals surface area contributed by atoms with Crippen LogP contribution in [0.5, 0.6) is 0 Å². The van der Waals surface area contributed by atoms with E-state index in [0.717, 1.165) is 25.0 Å². The number of nitrogens with zero attached hydrogens (tertiary/aromatic N) is 2. The van der Waals surface area contributed by atoms with Gasteiger partial charge in [0.15, 0.2) is 5.69 Å². The number of carbonyl (C=O) groups excluding carboxylic acids is 1. The van der Waals surface area contributed by atoms with E-state index in [-0.39, 0.29) is 17.8 Å². The van der Waals surface area contributed by atoms with Gasteiger partial charge in [0.05, 0.1) is 11.9 Å². The molecule has 18 heavy (non-hydrogen) atoms. The Balaban J connectivity index is 2.48. The molecule has 1 heterocycles. The van der Waals surface area contributed by atoms with Crippen LogP contribution in [-0.2, 0) is 4.74 Å². The third-order valence-corrected chi connectivity index (χ3v) is 2.85. The molecule has 0 radical (unpaired) electrons. The number of hydrogen-bond acceptors (Lipinski definition) is 4. The normalized spacial score (nSPS) is 12.2. The molecule has 1 aromatic heterocycles. The summed E-state index contributed by atoms with van der Waals surface area (Å²) in [5, 5.41) is 0. The van der Waals surface area contributed by atoms with Gasteiger partial charge in [-0.05, 0) is 26.2 Å². The van der Waals surface area contributed by atoms with Crippen LogP contribution in [0.15, 0.2) is 12.4 Å². The van der Waals surface area contributed by atoms with E-state index in [1.165, 1.54) is 19.0 Å². The maximum atomic E-state index is 11.8. The largest absolute Gasteiger partial charge is 0.458 e. The van der Waals surface area contributed by atoms with Gasteiger partial charge < -0.3 is 4.74 Å². The summed E-state index contributed by atoms with van der Waals surface area (Å²) in [7, 11) is 0. The predicted octanol–water partition coefficient (Wildman–Crippen LogP) is 3.30. The van der Waals surface area contributed by atoms with Crippen LogP contribution in [-0.4, -0.2) is 22.0 Å². The van der Waals surface area contributed by atoms with Gasteiger partial charge in [0.1, 0.15) is 6.10 Å². The highest BCUT2D eigenvalue weighted by Crippen LogP contribution is 2.12. The van der Waals surface area contributed by atoms with E-state index >= 15 is 0 Å². The summed E-state index contributed by atoms with van der Waals surface area (Å²) >= 11 is 0. The second-order valence-corrected chi connectivity index (χ2v) is 4.47. The molecule has 0 spiro atoms. The lowest BCUT2D eigenvalue weighted by molar-refractivity contribution is 0.0260. The molecule has 0 amide bonds. The number of aromatic nitrogens is 2. The average Bonchev–Trinajstić information content (AvgIpc) is 2.38. The maximum Gasteiger partial charge on any atom is 0.358 e. The number of aryl methyl sites for hydroxylation is 1. The van der Waals surface area contributed by atoms with Crippen LogP contribution < -0.4 is 0 Å². The molecule has 1 atom stereocenters. The van der Waals surface area contributed by atoms with E-state index < -0.39 is 0 Å². The molecule has 0 N–H and O–H groups in total. The molecule has 0 bridgehead atoms. The second-order valence-electron chi connectivity index (χ2n) is 4.47. The third kappa shape index (κ3) is 4.82. The minimum absolute atomic E-state index is 0.00727. The van der Waals surface area contributed by atoms with E-state index in [1.807, 2.05) is 13.8 Å². The van der Waals surface area contributed by atoms with Crippen molar-refractivity contribution in [2.24, 2.45) is 0 Å². The quantitative estimate of drug-likeness (QED) is 0.550. The van der Waals surface area contributed by atoms with E-state index in [1.54, 1.807) is 6.20 Å². The number of esters is 1. The number of ether oxygens (including phenoxy) is 1. The van der Waals surface area contributed by atoms with Crippen molar-refractivity contribution < 1.29 is 9.53 Å². The van der Waals surface area contributed by atoms with Crippen molar-refractivity contribution in [3.8, 4) is 0 Å². The summed E-state index contributed by atoms with van der Waals surface area (Å²) in [6, 6.07) is 0.